The number of likely N-dealkylation sites (N-methyl/N-ethyl adjacent to an activating group) is 1. The van der Waals surface area contributed by atoms with E-state index in [0.29, 0.717) is 31.8 Å². The van der Waals surface area contributed by atoms with Gasteiger partial charge in [-0.3, -0.25) is 19.6 Å². The molecule has 274 valence electrons. The third-order valence-corrected chi connectivity index (χ3v) is 10.1. The lowest BCUT2D eigenvalue weighted by Gasteiger charge is -2.51. The molecule has 8 nitrogen and oxygen atoms in total. The average Bonchev–Trinajstić information content (AvgIpc) is 3.44. The molecule has 49 heavy (non-hydrogen) atoms. The number of carbonyl (C=O) groups is 2. The molecule has 3 aliphatic heterocycles. The summed E-state index contributed by atoms with van der Waals surface area (Å²) in [6.45, 7) is 17.9. The van der Waals surface area contributed by atoms with Crippen molar-refractivity contribution in [2.45, 2.75) is 89.4 Å². The van der Waals surface area contributed by atoms with Crippen molar-refractivity contribution in [2.24, 2.45) is 10.9 Å². The fraction of sp³-hybridized carbons (Fsp3) is 0.649. The Morgan fingerprint density at radius 3 is 2.35 bits per heavy atom. The molecule has 1 amide bonds. The Balaban J connectivity index is 0.000000422. The van der Waals surface area contributed by atoms with Gasteiger partial charge in [-0.15, -0.1) is 0 Å². The number of benzene rings is 1. The molecular formula is C37H55F4N5O3. The lowest BCUT2D eigenvalue weighted by molar-refractivity contribution is -0.130. The van der Waals surface area contributed by atoms with Gasteiger partial charge in [0.05, 0.1) is 25.3 Å². The minimum absolute atomic E-state index is 0.000762. The fourth-order valence-electron chi connectivity index (χ4n) is 7.61. The summed E-state index contributed by atoms with van der Waals surface area (Å²) in [5, 5.41) is 0. The normalized spacial score (nSPS) is 28.8. The summed E-state index contributed by atoms with van der Waals surface area (Å²) in [5.41, 5.74) is 1.58. The lowest BCUT2D eigenvalue weighted by Crippen LogP contribution is -2.62. The summed E-state index contributed by atoms with van der Waals surface area (Å²) >= 11 is 0. The molecule has 12 heteroatoms. The number of fused-ring (bicyclic) bond motifs is 1. The smallest absolute Gasteiger partial charge is 0.261 e. The molecule has 0 N–H and O–H groups in total. The molecule has 3 heterocycles. The number of morpholine rings is 1. The van der Waals surface area contributed by atoms with Gasteiger partial charge >= 0.3 is 0 Å². The molecule has 1 aromatic carbocycles. The van der Waals surface area contributed by atoms with Gasteiger partial charge in [-0.2, -0.15) is 0 Å². The van der Waals surface area contributed by atoms with Crippen molar-refractivity contribution in [3.05, 3.63) is 59.7 Å². The van der Waals surface area contributed by atoms with Gasteiger partial charge in [0.25, 0.3) is 5.92 Å². The minimum Gasteiger partial charge on any atom is -0.374 e. The summed E-state index contributed by atoms with van der Waals surface area (Å²) in [6.07, 6.45) is 6.28. The largest absolute Gasteiger partial charge is 0.374 e. The SMILES string of the molecule is C=CC(=O)N1C[C@H](C)N(C(=NC)C2=CC(CC)C(c3ccc(F)cc3F)C3OCCN(C)C23)C[C@H]1C.C=O.CCCCN1CCC(F)(F)C1. The van der Waals surface area contributed by atoms with Gasteiger partial charge in [0.1, 0.15) is 24.3 Å². The molecule has 0 radical (unpaired) electrons. The monoisotopic (exact) mass is 693 g/mol. The number of alkyl halides is 2. The molecule has 4 aliphatic rings. The first-order valence-electron chi connectivity index (χ1n) is 17.4. The number of hydrogen-bond donors (Lipinski definition) is 0. The van der Waals surface area contributed by atoms with Crippen molar-refractivity contribution >= 4 is 18.5 Å². The quantitative estimate of drug-likeness (QED) is 0.156. The summed E-state index contributed by atoms with van der Waals surface area (Å²) in [5.74, 6) is -2.91. The van der Waals surface area contributed by atoms with E-state index in [2.05, 4.69) is 50.3 Å². The Hall–Kier alpha value is -3.09. The van der Waals surface area contributed by atoms with Gasteiger partial charge in [0, 0.05) is 69.3 Å². The number of hydrogen-bond acceptors (Lipinski definition) is 6. The van der Waals surface area contributed by atoms with E-state index in [0.717, 1.165) is 49.8 Å². The number of rotatable bonds is 7. The van der Waals surface area contributed by atoms with E-state index >= 15 is 4.39 Å². The standard InChI is InChI=1S/C28H38F2N4O2.C8H15F2N.CH2O/c1-7-19-13-22(28(31-5)34-16-17(3)33(15-18(34)4)24(35)8-2)26-27(36-12-11-32(26)6)25(19)21-10-9-20(29)14-23(21)30;1-2-3-5-11-6-4-8(9,10)7-11;1-2/h8-10,13-14,17-19,25-27H,2,7,11-12,15-16H2,1,3-6H3;2-7H2,1H3;1H2/t17-,18+,19?,25?,26?,27?;;/m1../s1. The van der Waals surface area contributed by atoms with Crippen LogP contribution >= 0.6 is 0 Å². The van der Waals surface area contributed by atoms with Crippen LogP contribution in [0.4, 0.5) is 17.6 Å². The Labute approximate surface area is 289 Å². The number of piperazine rings is 1. The summed E-state index contributed by atoms with van der Waals surface area (Å²) < 4.78 is 60.3. The number of unbranched alkanes of at least 4 members (excludes halogenated alkanes) is 1. The number of aliphatic imine (C=N–C) groups is 1. The number of amides is 1. The van der Waals surface area contributed by atoms with Crippen LogP contribution in [0.2, 0.25) is 0 Å². The minimum atomic E-state index is -2.41. The Morgan fingerprint density at radius 1 is 1.10 bits per heavy atom. The first-order valence-corrected chi connectivity index (χ1v) is 17.4. The number of allylic oxidation sites excluding steroid dienone is 1. The van der Waals surface area contributed by atoms with E-state index in [4.69, 9.17) is 14.5 Å². The lowest BCUT2D eigenvalue weighted by atomic mass is 9.70. The Kier molecular flexibility index (Phi) is 15.0. The van der Waals surface area contributed by atoms with Gasteiger partial charge in [-0.05, 0) is 63.9 Å². The first-order chi connectivity index (χ1) is 23.3. The van der Waals surface area contributed by atoms with E-state index < -0.39 is 17.6 Å². The van der Waals surface area contributed by atoms with Crippen LogP contribution in [-0.2, 0) is 14.3 Å². The van der Waals surface area contributed by atoms with E-state index in [1.807, 2.05) is 23.5 Å². The van der Waals surface area contributed by atoms with Crippen molar-refractivity contribution in [1.82, 2.24) is 19.6 Å². The Morgan fingerprint density at radius 2 is 1.78 bits per heavy atom. The van der Waals surface area contributed by atoms with E-state index in [9.17, 15) is 18.0 Å². The van der Waals surface area contributed by atoms with Crippen molar-refractivity contribution in [1.29, 1.82) is 0 Å². The highest BCUT2D eigenvalue weighted by Gasteiger charge is 2.48. The van der Waals surface area contributed by atoms with Crippen molar-refractivity contribution in [3.63, 3.8) is 0 Å². The molecule has 6 atom stereocenters. The first kappa shape index (κ1) is 40.3. The molecule has 5 rings (SSSR count). The molecule has 1 aromatic rings. The van der Waals surface area contributed by atoms with Crippen molar-refractivity contribution in [3.8, 4) is 0 Å². The van der Waals surface area contributed by atoms with Crippen LogP contribution in [0, 0.1) is 17.6 Å². The maximum absolute atomic E-state index is 15.0. The predicted molar refractivity (Wildman–Crippen MR) is 186 cm³/mol. The van der Waals surface area contributed by atoms with E-state index in [-0.39, 0.29) is 54.9 Å². The van der Waals surface area contributed by atoms with Crippen LogP contribution in [0.15, 0.2) is 47.5 Å². The molecule has 0 spiro atoms. The molecule has 0 saturated carbocycles. The van der Waals surface area contributed by atoms with Gasteiger partial charge in [0.15, 0.2) is 0 Å². The second kappa shape index (κ2) is 18.2. The number of ether oxygens (including phenoxy) is 1. The van der Waals surface area contributed by atoms with E-state index in [1.54, 1.807) is 13.1 Å². The molecule has 4 unspecified atom stereocenters. The van der Waals surface area contributed by atoms with Crippen molar-refractivity contribution < 1.29 is 31.9 Å². The third-order valence-electron chi connectivity index (χ3n) is 10.1. The highest BCUT2D eigenvalue weighted by Crippen LogP contribution is 2.45. The van der Waals surface area contributed by atoms with Crippen LogP contribution < -0.4 is 0 Å². The van der Waals surface area contributed by atoms with E-state index in [1.165, 1.54) is 12.1 Å². The van der Waals surface area contributed by atoms with Gasteiger partial charge in [0.2, 0.25) is 5.91 Å². The summed E-state index contributed by atoms with van der Waals surface area (Å²) in [7, 11) is 3.87. The van der Waals surface area contributed by atoms with Crippen LogP contribution in [0.25, 0.3) is 0 Å². The number of amidine groups is 1. The highest BCUT2D eigenvalue weighted by atomic mass is 19.3. The average molecular weight is 694 g/mol. The molecule has 1 aliphatic carbocycles. The summed E-state index contributed by atoms with van der Waals surface area (Å²) in [4.78, 5) is 33.4. The van der Waals surface area contributed by atoms with Gasteiger partial charge in [-0.1, -0.05) is 39.0 Å². The third kappa shape index (κ3) is 9.58. The van der Waals surface area contributed by atoms with Crippen LogP contribution in [0.1, 0.15) is 64.9 Å². The van der Waals surface area contributed by atoms with Crippen LogP contribution in [0.5, 0.6) is 0 Å². The summed E-state index contributed by atoms with van der Waals surface area (Å²) in [6, 6.07) is 3.81. The Bertz CT molecular complexity index is 1330. The van der Waals surface area contributed by atoms with Crippen LogP contribution in [0.3, 0.4) is 0 Å². The second-order valence-electron chi connectivity index (χ2n) is 13.5. The fourth-order valence-corrected chi connectivity index (χ4v) is 7.61. The topological polar surface area (TPSA) is 68.7 Å². The number of nitrogens with zero attached hydrogens (tertiary/aromatic N) is 5. The number of likely N-dealkylation sites (tertiary alicyclic amines) is 1. The molecule has 0 bridgehead atoms. The number of carbonyl (C=O) groups excluding carboxylic acids is 2. The zero-order chi connectivity index (χ0) is 36.5. The maximum atomic E-state index is 15.0. The predicted octanol–water partition coefficient (Wildman–Crippen LogP) is 5.79. The molecule has 3 fully saturated rings. The second-order valence-corrected chi connectivity index (χ2v) is 13.5. The van der Waals surface area contributed by atoms with Crippen LogP contribution in [-0.4, -0.2) is 128 Å². The highest BCUT2D eigenvalue weighted by molar-refractivity contribution is 6.00. The van der Waals surface area contributed by atoms with Crippen molar-refractivity contribution in [2.75, 3.05) is 60.0 Å². The van der Waals surface area contributed by atoms with Gasteiger partial charge < -0.3 is 19.3 Å². The molecular weight excluding hydrogens is 638 g/mol. The number of halogens is 4. The molecule has 3 saturated heterocycles. The van der Waals surface area contributed by atoms with Gasteiger partial charge in [-0.25, -0.2) is 17.6 Å². The zero-order valence-corrected chi connectivity index (χ0v) is 30.0. The molecule has 0 aromatic heterocycles. The zero-order valence-electron chi connectivity index (χ0n) is 30.0. The maximum Gasteiger partial charge on any atom is 0.261 e.